The van der Waals surface area contributed by atoms with Gasteiger partial charge in [-0.15, -0.1) is 0 Å². The molecule has 1 atom stereocenters. The summed E-state index contributed by atoms with van der Waals surface area (Å²) in [5.74, 6) is -0.320. The third-order valence-corrected chi connectivity index (χ3v) is 2.80. The molecular weight excluding hydrogens is 246 g/mol. The Bertz CT molecular complexity index is 524. The monoisotopic (exact) mass is 255 g/mol. The molecule has 0 aliphatic carbocycles. The van der Waals surface area contributed by atoms with Crippen LogP contribution in [0.3, 0.4) is 0 Å². The van der Waals surface area contributed by atoms with Crippen LogP contribution >= 0.6 is 15.9 Å². The Morgan fingerprint density at radius 3 is 2.86 bits per heavy atom. The smallest absolute Gasteiger partial charge is 0.408 e. The second-order valence-corrected chi connectivity index (χ2v) is 4.64. The summed E-state index contributed by atoms with van der Waals surface area (Å²) in [5.41, 5.74) is 2.57. The molecule has 1 aromatic carbocycles. The Labute approximate surface area is 89.5 Å². The molecule has 0 radical (unpaired) electrons. The number of aromatic nitrogens is 1. The Balaban J connectivity index is 2.73. The van der Waals surface area contributed by atoms with Crippen LogP contribution in [0.25, 0.3) is 11.1 Å². The van der Waals surface area contributed by atoms with Gasteiger partial charge in [0.15, 0.2) is 5.58 Å². The Hall–Kier alpha value is -1.03. The maximum absolute atomic E-state index is 11.2. The molecule has 0 N–H and O–H groups in total. The van der Waals surface area contributed by atoms with Crippen LogP contribution in [-0.2, 0) is 7.05 Å². The molecule has 0 aliphatic heterocycles. The van der Waals surface area contributed by atoms with Gasteiger partial charge < -0.3 is 4.42 Å². The quantitative estimate of drug-likeness (QED) is 0.735. The first-order chi connectivity index (χ1) is 6.59. The van der Waals surface area contributed by atoms with Crippen LogP contribution in [0, 0.1) is 0 Å². The summed E-state index contributed by atoms with van der Waals surface area (Å²) in [4.78, 5) is 11.5. The molecule has 14 heavy (non-hydrogen) atoms. The zero-order valence-electron chi connectivity index (χ0n) is 7.95. The fraction of sp³-hybridized carbons (Fsp3) is 0.300. The van der Waals surface area contributed by atoms with Gasteiger partial charge in [-0.25, -0.2) is 4.79 Å². The number of fused-ring (bicyclic) bond motifs is 1. The topological polar surface area (TPSA) is 35.1 Å². The molecule has 74 valence electrons. The van der Waals surface area contributed by atoms with Crippen LogP contribution in [0.1, 0.15) is 17.3 Å². The molecule has 1 unspecified atom stereocenters. The largest absolute Gasteiger partial charge is 0.419 e. The zero-order valence-corrected chi connectivity index (χ0v) is 9.54. The molecule has 0 amide bonds. The first-order valence-electron chi connectivity index (χ1n) is 4.33. The fourth-order valence-corrected chi connectivity index (χ4v) is 1.68. The van der Waals surface area contributed by atoms with Crippen molar-refractivity contribution in [2.45, 2.75) is 11.8 Å². The van der Waals surface area contributed by atoms with Crippen molar-refractivity contribution in [2.24, 2.45) is 7.05 Å². The molecular formula is C10H10BrNO2. The first kappa shape index (κ1) is 9.52. The van der Waals surface area contributed by atoms with E-state index in [-0.39, 0.29) is 10.6 Å². The van der Waals surface area contributed by atoms with Crippen molar-refractivity contribution < 1.29 is 4.42 Å². The predicted molar refractivity (Wildman–Crippen MR) is 58.8 cm³/mol. The number of oxazole rings is 1. The lowest BCUT2D eigenvalue weighted by molar-refractivity contribution is 0.528. The van der Waals surface area contributed by atoms with Gasteiger partial charge in [0.05, 0.1) is 5.52 Å². The molecule has 0 aliphatic rings. The van der Waals surface area contributed by atoms with E-state index in [4.69, 9.17) is 4.42 Å². The van der Waals surface area contributed by atoms with E-state index < -0.39 is 0 Å². The number of alkyl halides is 1. The standard InChI is InChI=1S/C10H10BrNO2/c1-6(11)7-3-4-8-9(5-7)14-10(13)12(8)2/h3-6H,1-2H3. The molecule has 2 aromatic rings. The van der Waals surface area contributed by atoms with Crippen LogP contribution in [0.5, 0.6) is 0 Å². The molecule has 3 nitrogen and oxygen atoms in total. The number of benzene rings is 1. The lowest BCUT2D eigenvalue weighted by atomic mass is 10.1. The van der Waals surface area contributed by atoms with Crippen molar-refractivity contribution in [3.63, 3.8) is 0 Å². The highest BCUT2D eigenvalue weighted by Crippen LogP contribution is 2.24. The van der Waals surface area contributed by atoms with Crippen molar-refractivity contribution in [3.8, 4) is 0 Å². The number of hydrogen-bond acceptors (Lipinski definition) is 2. The van der Waals surface area contributed by atoms with E-state index in [1.807, 2.05) is 25.1 Å². The van der Waals surface area contributed by atoms with Crippen LogP contribution in [0.4, 0.5) is 0 Å². The Morgan fingerprint density at radius 1 is 1.50 bits per heavy atom. The van der Waals surface area contributed by atoms with Crippen molar-refractivity contribution in [2.75, 3.05) is 0 Å². The molecule has 0 bridgehead atoms. The summed E-state index contributed by atoms with van der Waals surface area (Å²) in [7, 11) is 1.70. The number of nitrogens with zero attached hydrogens (tertiary/aromatic N) is 1. The van der Waals surface area contributed by atoms with E-state index >= 15 is 0 Å². The molecule has 0 fully saturated rings. The molecule has 0 spiro atoms. The minimum Gasteiger partial charge on any atom is -0.408 e. The van der Waals surface area contributed by atoms with Gasteiger partial charge in [-0.3, -0.25) is 4.57 Å². The van der Waals surface area contributed by atoms with Crippen molar-refractivity contribution in [1.29, 1.82) is 0 Å². The summed E-state index contributed by atoms with van der Waals surface area (Å²) in [6, 6.07) is 5.76. The van der Waals surface area contributed by atoms with Crippen LogP contribution in [0.15, 0.2) is 27.4 Å². The number of halogens is 1. The molecule has 1 heterocycles. The van der Waals surface area contributed by atoms with Crippen molar-refractivity contribution in [1.82, 2.24) is 4.57 Å². The molecule has 0 saturated heterocycles. The highest BCUT2D eigenvalue weighted by molar-refractivity contribution is 9.09. The number of rotatable bonds is 1. The van der Waals surface area contributed by atoms with E-state index in [0.717, 1.165) is 11.1 Å². The summed E-state index contributed by atoms with van der Waals surface area (Å²) in [6.45, 7) is 2.03. The summed E-state index contributed by atoms with van der Waals surface area (Å²) >= 11 is 3.47. The molecule has 2 rings (SSSR count). The fourth-order valence-electron chi connectivity index (χ4n) is 1.40. The van der Waals surface area contributed by atoms with E-state index in [9.17, 15) is 4.79 Å². The Morgan fingerprint density at radius 2 is 2.21 bits per heavy atom. The van der Waals surface area contributed by atoms with Crippen LogP contribution < -0.4 is 5.76 Å². The van der Waals surface area contributed by atoms with Gasteiger partial charge in [0.1, 0.15) is 0 Å². The van der Waals surface area contributed by atoms with Crippen LogP contribution in [0.2, 0.25) is 0 Å². The molecule has 4 heteroatoms. The summed E-state index contributed by atoms with van der Waals surface area (Å²) < 4.78 is 6.57. The highest BCUT2D eigenvalue weighted by atomic mass is 79.9. The minimum absolute atomic E-state index is 0.261. The normalized spacial score (nSPS) is 13.4. The van der Waals surface area contributed by atoms with Gasteiger partial charge in [0.25, 0.3) is 0 Å². The minimum atomic E-state index is -0.320. The third kappa shape index (κ3) is 1.39. The average molecular weight is 256 g/mol. The SMILES string of the molecule is CC(Br)c1ccc2c(c1)oc(=O)n2C. The van der Waals surface area contributed by atoms with Gasteiger partial charge in [-0.1, -0.05) is 22.0 Å². The van der Waals surface area contributed by atoms with Gasteiger partial charge in [-0.05, 0) is 24.6 Å². The second-order valence-electron chi connectivity index (χ2n) is 3.27. The van der Waals surface area contributed by atoms with Crippen molar-refractivity contribution >= 4 is 27.0 Å². The second kappa shape index (κ2) is 3.28. The van der Waals surface area contributed by atoms with E-state index in [0.29, 0.717) is 5.58 Å². The van der Waals surface area contributed by atoms with E-state index in [2.05, 4.69) is 15.9 Å². The maximum Gasteiger partial charge on any atom is 0.419 e. The number of aryl methyl sites for hydroxylation is 1. The molecule has 0 saturated carbocycles. The average Bonchev–Trinajstić information content (AvgIpc) is 2.42. The van der Waals surface area contributed by atoms with Crippen LogP contribution in [-0.4, -0.2) is 4.57 Å². The highest BCUT2D eigenvalue weighted by Gasteiger charge is 2.08. The predicted octanol–water partition coefficient (Wildman–Crippen LogP) is 2.59. The lowest BCUT2D eigenvalue weighted by Crippen LogP contribution is -2.08. The Kier molecular flexibility index (Phi) is 2.23. The van der Waals surface area contributed by atoms with Gasteiger partial charge >= 0.3 is 5.76 Å². The van der Waals surface area contributed by atoms with E-state index in [1.54, 1.807) is 7.05 Å². The third-order valence-electron chi connectivity index (χ3n) is 2.28. The van der Waals surface area contributed by atoms with Gasteiger partial charge in [-0.2, -0.15) is 0 Å². The zero-order chi connectivity index (χ0) is 10.3. The summed E-state index contributed by atoms with van der Waals surface area (Å²) in [5, 5.41) is 0. The molecule has 1 aromatic heterocycles. The van der Waals surface area contributed by atoms with Gasteiger partial charge in [0, 0.05) is 11.9 Å². The van der Waals surface area contributed by atoms with Crippen molar-refractivity contribution in [3.05, 3.63) is 34.3 Å². The first-order valence-corrected chi connectivity index (χ1v) is 5.24. The maximum atomic E-state index is 11.2. The summed E-state index contributed by atoms with van der Waals surface area (Å²) in [6.07, 6.45) is 0. The number of hydrogen-bond donors (Lipinski definition) is 0. The van der Waals surface area contributed by atoms with Gasteiger partial charge in [0.2, 0.25) is 0 Å². The lowest BCUT2D eigenvalue weighted by Gasteiger charge is -2.01. The van der Waals surface area contributed by atoms with E-state index in [1.165, 1.54) is 4.57 Å².